The van der Waals surface area contributed by atoms with Gasteiger partial charge in [-0.15, -0.1) is 0 Å². The molecule has 94 valence electrons. The Morgan fingerprint density at radius 3 is 2.56 bits per heavy atom. The van der Waals surface area contributed by atoms with Crippen molar-refractivity contribution in [2.24, 2.45) is 5.73 Å². The van der Waals surface area contributed by atoms with Crippen molar-refractivity contribution in [1.29, 1.82) is 0 Å². The van der Waals surface area contributed by atoms with Crippen molar-refractivity contribution in [3.05, 3.63) is 67.3 Å². The topological polar surface area (TPSA) is 26.0 Å². The normalized spacial score (nSPS) is 12.5. The lowest BCUT2D eigenvalue weighted by atomic mass is 9.99. The molecule has 1 unspecified atom stereocenters. The number of halogens is 4. The van der Waals surface area contributed by atoms with Crippen LogP contribution in [0.1, 0.15) is 17.2 Å². The number of hydrogen-bond donors (Lipinski definition) is 1. The molecule has 18 heavy (non-hydrogen) atoms. The maximum Gasteiger partial charge on any atom is 0.128 e. The van der Waals surface area contributed by atoms with Gasteiger partial charge in [0.05, 0.1) is 11.1 Å². The summed E-state index contributed by atoms with van der Waals surface area (Å²) in [7, 11) is 0. The number of rotatable bonds is 2. The van der Waals surface area contributed by atoms with Gasteiger partial charge in [-0.1, -0.05) is 39.7 Å². The summed E-state index contributed by atoms with van der Waals surface area (Å²) in [5, 5.41) is 0.504. The van der Waals surface area contributed by atoms with E-state index in [1.54, 1.807) is 18.2 Å². The number of nitrogens with two attached hydrogens (primary N) is 1. The van der Waals surface area contributed by atoms with Crippen LogP contribution in [0.2, 0.25) is 5.02 Å². The molecule has 0 bridgehead atoms. The van der Waals surface area contributed by atoms with Crippen LogP contribution in [0.5, 0.6) is 0 Å². The van der Waals surface area contributed by atoms with E-state index in [2.05, 4.69) is 31.9 Å². The van der Waals surface area contributed by atoms with Crippen molar-refractivity contribution in [2.45, 2.75) is 6.04 Å². The van der Waals surface area contributed by atoms with E-state index in [0.717, 1.165) is 8.95 Å². The van der Waals surface area contributed by atoms with Gasteiger partial charge in [0.1, 0.15) is 5.82 Å². The van der Waals surface area contributed by atoms with Gasteiger partial charge in [-0.3, -0.25) is 0 Å². The Bertz CT molecular complexity index is 587. The minimum atomic E-state index is -0.604. The Morgan fingerprint density at radius 1 is 1.11 bits per heavy atom. The third-order valence-corrected chi connectivity index (χ3v) is 4.41. The van der Waals surface area contributed by atoms with Gasteiger partial charge in [0.15, 0.2) is 0 Å². The molecule has 2 rings (SSSR count). The lowest BCUT2D eigenvalue weighted by molar-refractivity contribution is 0.599. The Labute approximate surface area is 126 Å². The Morgan fingerprint density at radius 2 is 1.83 bits per heavy atom. The standard InChI is InChI=1S/C13H9Br2ClFN/c14-7-4-5-11(17)9(6-7)13(18)8-2-1-3-10(15)12(8)16/h1-6,13H,18H2. The zero-order chi connectivity index (χ0) is 13.3. The van der Waals surface area contributed by atoms with Crippen LogP contribution in [0.25, 0.3) is 0 Å². The van der Waals surface area contributed by atoms with Crippen LogP contribution in [-0.4, -0.2) is 0 Å². The summed E-state index contributed by atoms with van der Waals surface area (Å²) in [6.45, 7) is 0. The van der Waals surface area contributed by atoms with E-state index in [-0.39, 0.29) is 5.82 Å². The molecule has 1 nitrogen and oxygen atoms in total. The highest BCUT2D eigenvalue weighted by molar-refractivity contribution is 9.10. The van der Waals surface area contributed by atoms with Crippen LogP contribution in [0.4, 0.5) is 4.39 Å². The zero-order valence-electron chi connectivity index (χ0n) is 9.13. The summed E-state index contributed by atoms with van der Waals surface area (Å²) < 4.78 is 15.3. The lowest BCUT2D eigenvalue weighted by Crippen LogP contribution is -2.14. The van der Waals surface area contributed by atoms with Gasteiger partial charge >= 0.3 is 0 Å². The predicted octanol–water partition coefficient (Wildman–Crippen LogP) is 5.05. The van der Waals surface area contributed by atoms with E-state index >= 15 is 0 Å². The molecule has 0 fully saturated rings. The molecular weight excluding hydrogens is 384 g/mol. The van der Waals surface area contributed by atoms with E-state index in [0.29, 0.717) is 16.1 Å². The first-order chi connectivity index (χ1) is 8.50. The molecular formula is C13H9Br2ClFN. The molecule has 0 spiro atoms. The summed E-state index contributed by atoms with van der Waals surface area (Å²) in [6, 6.07) is 9.50. The highest BCUT2D eigenvalue weighted by Crippen LogP contribution is 2.33. The van der Waals surface area contributed by atoms with Gasteiger partial charge < -0.3 is 5.73 Å². The van der Waals surface area contributed by atoms with Crippen LogP contribution in [0.15, 0.2) is 45.3 Å². The quantitative estimate of drug-likeness (QED) is 0.759. The molecule has 0 saturated heterocycles. The SMILES string of the molecule is NC(c1cc(Br)ccc1F)c1cccc(Br)c1Cl. The summed E-state index contributed by atoms with van der Waals surface area (Å²) >= 11 is 12.8. The largest absolute Gasteiger partial charge is 0.320 e. The van der Waals surface area contributed by atoms with Gasteiger partial charge in [0.2, 0.25) is 0 Å². The number of benzene rings is 2. The third-order valence-electron chi connectivity index (χ3n) is 2.61. The van der Waals surface area contributed by atoms with Crippen LogP contribution in [-0.2, 0) is 0 Å². The van der Waals surface area contributed by atoms with Gasteiger partial charge in [0.25, 0.3) is 0 Å². The molecule has 2 aromatic carbocycles. The second kappa shape index (κ2) is 5.70. The molecule has 0 radical (unpaired) electrons. The van der Waals surface area contributed by atoms with E-state index in [1.807, 2.05) is 12.1 Å². The fourth-order valence-electron chi connectivity index (χ4n) is 1.68. The molecule has 0 heterocycles. The Hall–Kier alpha value is -0.420. The van der Waals surface area contributed by atoms with Gasteiger partial charge in [0, 0.05) is 14.5 Å². The van der Waals surface area contributed by atoms with Crippen LogP contribution >= 0.6 is 43.5 Å². The second-order valence-corrected chi connectivity index (χ2v) is 5.93. The lowest BCUT2D eigenvalue weighted by Gasteiger charge is -2.16. The van der Waals surface area contributed by atoms with Crippen molar-refractivity contribution in [1.82, 2.24) is 0 Å². The Kier molecular flexibility index (Phi) is 4.43. The van der Waals surface area contributed by atoms with Crippen LogP contribution in [0.3, 0.4) is 0 Å². The second-order valence-electron chi connectivity index (χ2n) is 3.79. The summed E-state index contributed by atoms with van der Waals surface area (Å²) in [4.78, 5) is 0. The van der Waals surface area contributed by atoms with Gasteiger partial charge in [-0.25, -0.2) is 4.39 Å². The highest BCUT2D eigenvalue weighted by Gasteiger charge is 2.17. The van der Waals surface area contributed by atoms with Gasteiger partial charge in [-0.05, 0) is 45.8 Å². The zero-order valence-corrected chi connectivity index (χ0v) is 13.1. The fraction of sp³-hybridized carbons (Fsp3) is 0.0769. The molecule has 0 aliphatic rings. The van der Waals surface area contributed by atoms with E-state index in [4.69, 9.17) is 17.3 Å². The van der Waals surface area contributed by atoms with Crippen molar-refractivity contribution in [3.8, 4) is 0 Å². The molecule has 0 saturated carbocycles. The average Bonchev–Trinajstić information content (AvgIpc) is 2.35. The van der Waals surface area contributed by atoms with Gasteiger partial charge in [-0.2, -0.15) is 0 Å². The smallest absolute Gasteiger partial charge is 0.128 e. The molecule has 2 N–H and O–H groups in total. The number of hydrogen-bond acceptors (Lipinski definition) is 1. The minimum Gasteiger partial charge on any atom is -0.320 e. The van der Waals surface area contributed by atoms with Crippen molar-refractivity contribution in [2.75, 3.05) is 0 Å². The maximum absolute atomic E-state index is 13.8. The monoisotopic (exact) mass is 391 g/mol. The first kappa shape index (κ1) is 14.0. The average molecular weight is 393 g/mol. The molecule has 0 aliphatic heterocycles. The van der Waals surface area contributed by atoms with Crippen molar-refractivity contribution < 1.29 is 4.39 Å². The molecule has 2 aromatic rings. The fourth-order valence-corrected chi connectivity index (χ4v) is 2.69. The summed E-state index contributed by atoms with van der Waals surface area (Å²) in [5.41, 5.74) is 7.18. The highest BCUT2D eigenvalue weighted by atomic mass is 79.9. The van der Waals surface area contributed by atoms with Crippen molar-refractivity contribution in [3.63, 3.8) is 0 Å². The maximum atomic E-state index is 13.8. The summed E-state index contributed by atoms with van der Waals surface area (Å²) in [5.74, 6) is -0.346. The molecule has 0 amide bonds. The van der Waals surface area contributed by atoms with E-state index < -0.39 is 6.04 Å². The first-order valence-corrected chi connectivity index (χ1v) is 7.11. The predicted molar refractivity (Wildman–Crippen MR) is 79.3 cm³/mol. The van der Waals surface area contributed by atoms with Crippen molar-refractivity contribution >= 4 is 43.5 Å². The van der Waals surface area contributed by atoms with E-state index in [9.17, 15) is 4.39 Å². The minimum absolute atomic E-state index is 0.346. The van der Waals surface area contributed by atoms with E-state index in [1.165, 1.54) is 6.07 Å². The molecule has 0 aliphatic carbocycles. The first-order valence-electron chi connectivity index (χ1n) is 5.15. The molecule has 0 aromatic heterocycles. The molecule has 1 atom stereocenters. The van der Waals surface area contributed by atoms with Crippen LogP contribution in [0, 0.1) is 5.82 Å². The Balaban J connectivity index is 2.51. The molecule has 5 heteroatoms. The third kappa shape index (κ3) is 2.77. The summed E-state index contributed by atoms with van der Waals surface area (Å²) in [6.07, 6.45) is 0. The van der Waals surface area contributed by atoms with Crippen LogP contribution < -0.4 is 5.73 Å².